The highest BCUT2D eigenvalue weighted by molar-refractivity contribution is 5.09. The maximum atomic E-state index is 5.84. The summed E-state index contributed by atoms with van der Waals surface area (Å²) in [4.78, 5) is 4.01. The second kappa shape index (κ2) is 4.52. The normalized spacial score (nSPS) is 32.1. The van der Waals surface area contributed by atoms with Crippen molar-refractivity contribution >= 4 is 0 Å². The lowest BCUT2D eigenvalue weighted by molar-refractivity contribution is 0.0924. The molecule has 3 unspecified atom stereocenters. The molecule has 1 N–H and O–H groups in total. The molecule has 0 aliphatic carbocycles. The van der Waals surface area contributed by atoms with Gasteiger partial charge in [-0.3, -0.25) is 4.98 Å². The Morgan fingerprint density at radius 1 is 1.31 bits per heavy atom. The summed E-state index contributed by atoms with van der Waals surface area (Å²) in [5.74, 6) is 0.737. The van der Waals surface area contributed by atoms with Gasteiger partial charge in [0.15, 0.2) is 0 Å². The molecule has 3 heteroatoms. The zero-order chi connectivity index (χ0) is 10.8. The van der Waals surface area contributed by atoms with Gasteiger partial charge in [0.2, 0.25) is 0 Å². The maximum Gasteiger partial charge on any atom is 0.0621 e. The molecule has 86 valence electrons. The molecule has 0 radical (unpaired) electrons. The topological polar surface area (TPSA) is 34.1 Å². The minimum Gasteiger partial charge on any atom is -0.375 e. The summed E-state index contributed by atoms with van der Waals surface area (Å²) in [6.45, 7) is 2.03. The number of rotatable bonds is 4. The number of hydrogen-bond donors (Lipinski definition) is 1. The Balaban J connectivity index is 1.44. The summed E-state index contributed by atoms with van der Waals surface area (Å²) in [5, 5.41) is 3.52. The second-order valence-electron chi connectivity index (χ2n) is 4.86. The molecular formula is C13H18N2O. The molecule has 3 nitrogen and oxygen atoms in total. The summed E-state index contributed by atoms with van der Waals surface area (Å²) in [7, 11) is 0. The van der Waals surface area contributed by atoms with Gasteiger partial charge in [-0.15, -0.1) is 0 Å². The van der Waals surface area contributed by atoms with Crippen molar-refractivity contribution in [3.63, 3.8) is 0 Å². The third kappa shape index (κ3) is 2.11. The molecular weight excluding hydrogens is 200 g/mol. The number of nitrogens with zero attached hydrogens (tertiary/aromatic N) is 1. The fourth-order valence-electron chi connectivity index (χ4n) is 2.86. The zero-order valence-electron chi connectivity index (χ0n) is 9.43. The van der Waals surface area contributed by atoms with Crippen molar-refractivity contribution < 1.29 is 4.74 Å². The van der Waals surface area contributed by atoms with Gasteiger partial charge in [0.1, 0.15) is 0 Å². The fraction of sp³-hybridized carbons (Fsp3) is 0.615. The van der Waals surface area contributed by atoms with Crippen LogP contribution in [0.3, 0.4) is 0 Å². The summed E-state index contributed by atoms with van der Waals surface area (Å²) in [6.07, 6.45) is 8.61. The lowest BCUT2D eigenvalue weighted by Crippen LogP contribution is -2.29. The SMILES string of the molecule is c1cc(CNCC2CC3CCC2O3)ccn1. The van der Waals surface area contributed by atoms with Crippen molar-refractivity contribution in [2.45, 2.75) is 38.0 Å². The summed E-state index contributed by atoms with van der Waals surface area (Å²) >= 11 is 0. The number of hydrogen-bond acceptors (Lipinski definition) is 3. The van der Waals surface area contributed by atoms with E-state index < -0.39 is 0 Å². The summed E-state index contributed by atoms with van der Waals surface area (Å²) in [5.41, 5.74) is 1.30. The third-order valence-corrected chi connectivity index (χ3v) is 3.72. The molecule has 3 atom stereocenters. The van der Waals surface area contributed by atoms with Gasteiger partial charge in [0, 0.05) is 31.4 Å². The third-order valence-electron chi connectivity index (χ3n) is 3.72. The van der Waals surface area contributed by atoms with Crippen LogP contribution in [-0.4, -0.2) is 23.7 Å². The molecule has 2 aliphatic heterocycles. The first kappa shape index (κ1) is 10.2. The maximum absolute atomic E-state index is 5.84. The van der Waals surface area contributed by atoms with Gasteiger partial charge in [-0.25, -0.2) is 0 Å². The van der Waals surface area contributed by atoms with Crippen LogP contribution in [0.2, 0.25) is 0 Å². The van der Waals surface area contributed by atoms with Crippen LogP contribution in [0.4, 0.5) is 0 Å². The van der Waals surface area contributed by atoms with Crippen LogP contribution in [0, 0.1) is 5.92 Å². The van der Waals surface area contributed by atoms with Crippen molar-refractivity contribution in [2.24, 2.45) is 5.92 Å². The van der Waals surface area contributed by atoms with Gasteiger partial charge in [-0.2, -0.15) is 0 Å². The van der Waals surface area contributed by atoms with Crippen LogP contribution in [0.5, 0.6) is 0 Å². The number of nitrogens with one attached hydrogen (secondary N) is 1. The van der Waals surface area contributed by atoms with Crippen molar-refractivity contribution in [1.29, 1.82) is 0 Å². The van der Waals surface area contributed by atoms with E-state index in [1.807, 2.05) is 12.4 Å². The van der Waals surface area contributed by atoms with E-state index in [0.717, 1.165) is 19.0 Å². The van der Waals surface area contributed by atoms with Gasteiger partial charge in [0.05, 0.1) is 12.2 Å². The van der Waals surface area contributed by atoms with Crippen LogP contribution in [0.15, 0.2) is 24.5 Å². The van der Waals surface area contributed by atoms with E-state index in [0.29, 0.717) is 12.2 Å². The van der Waals surface area contributed by atoms with Crippen molar-refractivity contribution in [3.8, 4) is 0 Å². The lowest BCUT2D eigenvalue weighted by atomic mass is 9.89. The number of pyridine rings is 1. The van der Waals surface area contributed by atoms with E-state index in [1.54, 1.807) is 0 Å². The summed E-state index contributed by atoms with van der Waals surface area (Å²) in [6, 6.07) is 4.12. The van der Waals surface area contributed by atoms with Gasteiger partial charge in [-0.1, -0.05) is 0 Å². The Hall–Kier alpha value is -0.930. The quantitative estimate of drug-likeness (QED) is 0.836. The van der Waals surface area contributed by atoms with Crippen LogP contribution in [0.25, 0.3) is 0 Å². The predicted molar refractivity (Wildman–Crippen MR) is 61.9 cm³/mol. The van der Waals surface area contributed by atoms with Crippen LogP contribution in [0.1, 0.15) is 24.8 Å². The first-order chi connectivity index (χ1) is 7.92. The minimum absolute atomic E-state index is 0.537. The van der Waals surface area contributed by atoms with E-state index in [9.17, 15) is 0 Å². The molecule has 2 fully saturated rings. The standard InChI is InChI=1S/C13H18N2O/c1-2-13-11(7-12(1)16-13)9-15-8-10-3-5-14-6-4-10/h3-6,11-13,15H,1-2,7-9H2. The van der Waals surface area contributed by atoms with E-state index in [2.05, 4.69) is 22.4 Å². The molecule has 2 aliphatic rings. The van der Waals surface area contributed by atoms with Gasteiger partial charge < -0.3 is 10.1 Å². The van der Waals surface area contributed by atoms with Crippen molar-refractivity contribution in [1.82, 2.24) is 10.3 Å². The molecule has 2 bridgehead atoms. The fourth-order valence-corrected chi connectivity index (χ4v) is 2.86. The molecule has 1 aromatic heterocycles. The van der Waals surface area contributed by atoms with E-state index in [1.165, 1.54) is 24.8 Å². The molecule has 0 aromatic carbocycles. The van der Waals surface area contributed by atoms with Gasteiger partial charge >= 0.3 is 0 Å². The Labute approximate surface area is 96.2 Å². The molecule has 0 spiro atoms. The Morgan fingerprint density at radius 3 is 2.88 bits per heavy atom. The molecule has 0 amide bonds. The Kier molecular flexibility index (Phi) is 2.89. The average molecular weight is 218 g/mol. The highest BCUT2D eigenvalue weighted by Crippen LogP contribution is 2.38. The molecule has 16 heavy (non-hydrogen) atoms. The van der Waals surface area contributed by atoms with E-state index in [4.69, 9.17) is 4.74 Å². The number of ether oxygens (including phenoxy) is 1. The smallest absolute Gasteiger partial charge is 0.0621 e. The monoisotopic (exact) mass is 218 g/mol. The Morgan fingerprint density at radius 2 is 2.19 bits per heavy atom. The zero-order valence-corrected chi connectivity index (χ0v) is 9.43. The molecule has 3 rings (SSSR count). The predicted octanol–water partition coefficient (Wildman–Crippen LogP) is 1.74. The molecule has 0 saturated carbocycles. The summed E-state index contributed by atoms with van der Waals surface area (Å²) < 4.78 is 5.84. The molecule has 1 aromatic rings. The first-order valence-electron chi connectivity index (χ1n) is 6.17. The van der Waals surface area contributed by atoms with Gasteiger partial charge in [0.25, 0.3) is 0 Å². The second-order valence-corrected chi connectivity index (χ2v) is 4.86. The molecule has 2 saturated heterocycles. The minimum atomic E-state index is 0.537. The Bertz CT molecular complexity index is 341. The van der Waals surface area contributed by atoms with E-state index in [-0.39, 0.29) is 0 Å². The number of aromatic nitrogens is 1. The van der Waals surface area contributed by atoms with E-state index >= 15 is 0 Å². The lowest BCUT2D eigenvalue weighted by Gasteiger charge is -2.18. The average Bonchev–Trinajstić information content (AvgIpc) is 2.92. The highest BCUT2D eigenvalue weighted by atomic mass is 16.5. The van der Waals surface area contributed by atoms with Crippen LogP contribution >= 0.6 is 0 Å². The highest BCUT2D eigenvalue weighted by Gasteiger charge is 2.40. The van der Waals surface area contributed by atoms with Crippen molar-refractivity contribution in [2.75, 3.05) is 6.54 Å². The largest absolute Gasteiger partial charge is 0.375 e. The first-order valence-corrected chi connectivity index (χ1v) is 6.17. The number of fused-ring (bicyclic) bond motifs is 2. The van der Waals surface area contributed by atoms with Crippen LogP contribution in [-0.2, 0) is 11.3 Å². The molecule has 3 heterocycles. The van der Waals surface area contributed by atoms with Crippen LogP contribution < -0.4 is 5.32 Å². The van der Waals surface area contributed by atoms with Gasteiger partial charge in [-0.05, 0) is 37.0 Å². The van der Waals surface area contributed by atoms with Crippen molar-refractivity contribution in [3.05, 3.63) is 30.1 Å².